The van der Waals surface area contributed by atoms with E-state index in [-0.39, 0.29) is 6.54 Å². The number of hydrogen-bond acceptors (Lipinski definition) is 5. The van der Waals surface area contributed by atoms with Gasteiger partial charge in [-0.3, -0.25) is 14.5 Å². The molecule has 148 valence electrons. The summed E-state index contributed by atoms with van der Waals surface area (Å²) in [4.78, 5) is 33.7. The Hall–Kier alpha value is -3.95. The summed E-state index contributed by atoms with van der Waals surface area (Å²) in [6, 6.07) is 4.59. The molecular weight excluding hydrogens is 376 g/mol. The second-order valence-electron chi connectivity index (χ2n) is 6.77. The molecule has 3 heterocycles. The molecule has 3 aromatic rings. The fourth-order valence-electron chi connectivity index (χ4n) is 3.48. The van der Waals surface area contributed by atoms with Crippen LogP contribution in [0.3, 0.4) is 0 Å². The summed E-state index contributed by atoms with van der Waals surface area (Å²) in [6.45, 7) is 2.24. The third-order valence-electron chi connectivity index (χ3n) is 4.78. The molecule has 0 saturated heterocycles. The van der Waals surface area contributed by atoms with Crippen LogP contribution in [-0.4, -0.2) is 54.7 Å². The molecule has 2 amide bonds. The number of aromatic nitrogens is 4. The molecule has 1 atom stereocenters. The molecular formula is C19H18N6O4. The Kier molecular flexibility index (Phi) is 4.59. The third-order valence-corrected chi connectivity index (χ3v) is 4.78. The van der Waals surface area contributed by atoms with Crippen molar-refractivity contribution >= 4 is 23.6 Å². The number of carboxylic acid groups (broad SMARTS) is 2. The van der Waals surface area contributed by atoms with Crippen molar-refractivity contribution in [1.82, 2.24) is 19.7 Å². The van der Waals surface area contributed by atoms with Crippen molar-refractivity contribution in [3.05, 3.63) is 54.9 Å². The number of benzene rings is 1. The van der Waals surface area contributed by atoms with E-state index in [1.165, 1.54) is 16.1 Å². The number of anilines is 2. The molecule has 1 aromatic carbocycles. The molecule has 0 spiro atoms. The maximum atomic E-state index is 11.7. The largest absolute Gasteiger partial charge is 0.465 e. The van der Waals surface area contributed by atoms with E-state index in [1.54, 1.807) is 48.4 Å². The molecule has 10 heteroatoms. The van der Waals surface area contributed by atoms with Crippen molar-refractivity contribution in [3.8, 4) is 11.1 Å². The van der Waals surface area contributed by atoms with Gasteiger partial charge in [0.2, 0.25) is 0 Å². The highest BCUT2D eigenvalue weighted by Gasteiger charge is 2.35. The van der Waals surface area contributed by atoms with Crippen LogP contribution in [0.5, 0.6) is 0 Å². The van der Waals surface area contributed by atoms with Crippen LogP contribution in [0.4, 0.5) is 21.0 Å². The van der Waals surface area contributed by atoms with Gasteiger partial charge < -0.3 is 10.2 Å². The summed E-state index contributed by atoms with van der Waals surface area (Å²) in [5, 5.41) is 23.5. The smallest absolute Gasteiger partial charge is 0.412 e. The Labute approximate surface area is 165 Å². The minimum atomic E-state index is -1.12. The Bertz CT molecular complexity index is 1070. The van der Waals surface area contributed by atoms with Crippen LogP contribution in [0.1, 0.15) is 12.5 Å². The number of carbonyl (C=O) groups is 2. The van der Waals surface area contributed by atoms with E-state index in [0.717, 1.165) is 16.7 Å². The van der Waals surface area contributed by atoms with Gasteiger partial charge in [-0.05, 0) is 24.6 Å². The summed E-state index contributed by atoms with van der Waals surface area (Å²) >= 11 is 0. The highest BCUT2D eigenvalue weighted by atomic mass is 16.4. The third kappa shape index (κ3) is 3.47. The first-order valence-corrected chi connectivity index (χ1v) is 8.87. The lowest BCUT2D eigenvalue weighted by molar-refractivity contribution is 0.194. The standard InChI is InChI=1S/C19H18N6O4/c1-12-8-24(18(26)27)17-4-14(2-3-16(17)25(12)19(28)29)15-7-22-23(10-15)9-13-5-20-11-21-6-13/h2-7,10-12H,8-9H2,1H3,(H,26,27)(H,28,29)/t12-/m0/s1. The minimum Gasteiger partial charge on any atom is -0.465 e. The Morgan fingerprint density at radius 3 is 2.52 bits per heavy atom. The number of hydrogen-bond donors (Lipinski definition) is 2. The number of fused-ring (bicyclic) bond motifs is 1. The van der Waals surface area contributed by atoms with Crippen molar-refractivity contribution in [2.45, 2.75) is 19.5 Å². The fraction of sp³-hybridized carbons (Fsp3) is 0.211. The van der Waals surface area contributed by atoms with Gasteiger partial charge in [-0.1, -0.05) is 6.07 Å². The SMILES string of the molecule is C[C@H]1CN(C(=O)O)c2cc(-c3cnn(Cc4cncnc4)c3)ccc2N1C(=O)O. The zero-order chi connectivity index (χ0) is 20.5. The van der Waals surface area contributed by atoms with E-state index in [9.17, 15) is 19.8 Å². The lowest BCUT2D eigenvalue weighted by atomic mass is 10.0. The normalized spacial score (nSPS) is 15.8. The quantitative estimate of drug-likeness (QED) is 0.700. The summed E-state index contributed by atoms with van der Waals surface area (Å²) in [7, 11) is 0. The molecule has 1 aliphatic heterocycles. The summed E-state index contributed by atoms with van der Waals surface area (Å²) in [5.41, 5.74) is 3.10. The highest BCUT2D eigenvalue weighted by molar-refractivity contribution is 6.00. The van der Waals surface area contributed by atoms with Crippen molar-refractivity contribution < 1.29 is 19.8 Å². The average Bonchev–Trinajstić information content (AvgIpc) is 3.15. The predicted octanol–water partition coefficient (Wildman–Crippen LogP) is 2.76. The van der Waals surface area contributed by atoms with Crippen molar-refractivity contribution in [2.24, 2.45) is 0 Å². The molecule has 1 aliphatic rings. The fourth-order valence-corrected chi connectivity index (χ4v) is 3.48. The van der Waals surface area contributed by atoms with Gasteiger partial charge in [0.1, 0.15) is 6.33 Å². The first kappa shape index (κ1) is 18.4. The van der Waals surface area contributed by atoms with E-state index >= 15 is 0 Å². The molecule has 0 saturated carbocycles. The number of nitrogens with zero attached hydrogens (tertiary/aromatic N) is 6. The van der Waals surface area contributed by atoms with E-state index in [1.807, 2.05) is 6.20 Å². The molecule has 0 aliphatic carbocycles. The van der Waals surface area contributed by atoms with E-state index in [4.69, 9.17) is 0 Å². The van der Waals surface area contributed by atoms with Crippen LogP contribution >= 0.6 is 0 Å². The maximum Gasteiger partial charge on any atom is 0.412 e. The van der Waals surface area contributed by atoms with Gasteiger partial charge in [-0.25, -0.2) is 19.6 Å². The topological polar surface area (TPSA) is 125 Å². The van der Waals surface area contributed by atoms with Crippen LogP contribution in [0.2, 0.25) is 0 Å². The molecule has 4 rings (SSSR count). The van der Waals surface area contributed by atoms with Crippen LogP contribution in [0.25, 0.3) is 11.1 Å². The van der Waals surface area contributed by atoms with Gasteiger partial charge in [0.15, 0.2) is 0 Å². The van der Waals surface area contributed by atoms with Crippen LogP contribution in [0, 0.1) is 0 Å². The molecule has 29 heavy (non-hydrogen) atoms. The summed E-state index contributed by atoms with van der Waals surface area (Å²) in [5.74, 6) is 0. The second kappa shape index (κ2) is 7.23. The number of amides is 2. The Morgan fingerprint density at radius 2 is 1.83 bits per heavy atom. The van der Waals surface area contributed by atoms with Gasteiger partial charge in [0.25, 0.3) is 0 Å². The van der Waals surface area contributed by atoms with Crippen molar-refractivity contribution in [3.63, 3.8) is 0 Å². The second-order valence-corrected chi connectivity index (χ2v) is 6.77. The first-order valence-electron chi connectivity index (χ1n) is 8.87. The van der Waals surface area contributed by atoms with Gasteiger partial charge in [-0.2, -0.15) is 5.10 Å². The first-order chi connectivity index (χ1) is 13.9. The van der Waals surface area contributed by atoms with E-state index in [0.29, 0.717) is 17.9 Å². The number of rotatable bonds is 3. The van der Waals surface area contributed by atoms with E-state index in [2.05, 4.69) is 15.1 Å². The molecule has 10 nitrogen and oxygen atoms in total. The molecule has 0 bridgehead atoms. The summed E-state index contributed by atoms with van der Waals surface area (Å²) in [6.07, 6.45) is 6.14. The van der Waals surface area contributed by atoms with Gasteiger partial charge in [0.05, 0.1) is 36.7 Å². The van der Waals surface area contributed by atoms with Crippen LogP contribution in [0.15, 0.2) is 49.3 Å². The Morgan fingerprint density at radius 1 is 1.07 bits per heavy atom. The predicted molar refractivity (Wildman–Crippen MR) is 104 cm³/mol. The summed E-state index contributed by atoms with van der Waals surface area (Å²) < 4.78 is 1.73. The average molecular weight is 394 g/mol. The van der Waals surface area contributed by atoms with Crippen molar-refractivity contribution in [2.75, 3.05) is 16.3 Å². The van der Waals surface area contributed by atoms with Crippen molar-refractivity contribution in [1.29, 1.82) is 0 Å². The van der Waals surface area contributed by atoms with Crippen LogP contribution < -0.4 is 9.80 Å². The molecule has 2 aromatic heterocycles. The van der Waals surface area contributed by atoms with Gasteiger partial charge >= 0.3 is 12.2 Å². The minimum absolute atomic E-state index is 0.0609. The zero-order valence-electron chi connectivity index (χ0n) is 15.5. The molecule has 2 N–H and O–H groups in total. The highest BCUT2D eigenvalue weighted by Crippen LogP contribution is 2.38. The van der Waals surface area contributed by atoms with Crippen LogP contribution in [-0.2, 0) is 6.54 Å². The van der Waals surface area contributed by atoms with Gasteiger partial charge in [-0.15, -0.1) is 0 Å². The van der Waals surface area contributed by atoms with E-state index < -0.39 is 18.2 Å². The zero-order valence-corrected chi connectivity index (χ0v) is 15.5. The monoisotopic (exact) mass is 394 g/mol. The molecule has 0 radical (unpaired) electrons. The molecule has 0 unspecified atom stereocenters. The maximum absolute atomic E-state index is 11.7. The molecule has 0 fully saturated rings. The Balaban J connectivity index is 1.69. The lowest BCUT2D eigenvalue weighted by Crippen LogP contribution is -2.51. The van der Waals surface area contributed by atoms with Gasteiger partial charge in [0, 0.05) is 29.7 Å². The lowest BCUT2D eigenvalue weighted by Gasteiger charge is -2.38.